The summed E-state index contributed by atoms with van der Waals surface area (Å²) in [6.45, 7) is 2.08. The van der Waals surface area contributed by atoms with E-state index in [-0.39, 0.29) is 18.4 Å². The lowest BCUT2D eigenvalue weighted by molar-refractivity contribution is -0.144. The van der Waals surface area contributed by atoms with Gasteiger partial charge in [-0.25, -0.2) is 19.7 Å². The monoisotopic (exact) mass is 555 g/mol. The number of ether oxygens (including phenoxy) is 1. The minimum absolute atomic E-state index is 0.269. The van der Waals surface area contributed by atoms with Crippen LogP contribution in [-0.4, -0.2) is 49.6 Å². The Hall–Kier alpha value is -3.91. The molecule has 0 radical (unpaired) electrons. The van der Waals surface area contributed by atoms with E-state index in [0.29, 0.717) is 23.8 Å². The van der Waals surface area contributed by atoms with E-state index in [4.69, 9.17) is 26.3 Å². The average molecular weight is 556 g/mol. The van der Waals surface area contributed by atoms with E-state index in [9.17, 15) is 9.59 Å². The van der Waals surface area contributed by atoms with Gasteiger partial charge < -0.3 is 4.74 Å². The van der Waals surface area contributed by atoms with Gasteiger partial charge in [0.2, 0.25) is 0 Å². The van der Waals surface area contributed by atoms with Crippen molar-refractivity contribution in [1.82, 2.24) is 19.5 Å². The smallest absolute Gasteiger partial charge is 0.331 e. The largest absolute Gasteiger partial charge is 0.464 e. The zero-order chi connectivity index (χ0) is 27.7. The normalized spacial score (nSPS) is 18.1. The number of carbonyl (C=O) groups is 2. The lowest BCUT2D eigenvalue weighted by Crippen LogP contribution is -2.52. The first kappa shape index (κ1) is 26.3. The lowest BCUT2D eigenvalue weighted by atomic mass is 9.58. The Labute approximate surface area is 237 Å². The highest BCUT2D eigenvalue weighted by atomic mass is 35.5. The van der Waals surface area contributed by atoms with Crippen LogP contribution in [-0.2, 0) is 20.7 Å². The van der Waals surface area contributed by atoms with Gasteiger partial charge in [-0.1, -0.05) is 43.0 Å². The summed E-state index contributed by atoms with van der Waals surface area (Å²) in [6, 6.07) is 14.7. The molecule has 3 heterocycles. The third-order valence-corrected chi connectivity index (χ3v) is 8.24. The molecule has 0 amide bonds. The third kappa shape index (κ3) is 4.81. The summed E-state index contributed by atoms with van der Waals surface area (Å²) in [4.78, 5) is 44.1. The van der Waals surface area contributed by atoms with Crippen molar-refractivity contribution in [2.45, 2.75) is 57.9 Å². The molecule has 1 aromatic carbocycles. The van der Waals surface area contributed by atoms with Crippen LogP contribution < -0.4 is 0 Å². The molecule has 1 atom stereocenters. The lowest BCUT2D eigenvalue weighted by Gasteiger charge is -2.44. The number of ketones is 1. The van der Waals surface area contributed by atoms with Gasteiger partial charge in [0.25, 0.3) is 0 Å². The van der Waals surface area contributed by atoms with Crippen molar-refractivity contribution in [2.75, 3.05) is 6.61 Å². The van der Waals surface area contributed by atoms with Crippen LogP contribution >= 0.6 is 11.6 Å². The van der Waals surface area contributed by atoms with Gasteiger partial charge in [-0.05, 0) is 61.7 Å². The molecule has 2 saturated carbocycles. The zero-order valence-corrected chi connectivity index (χ0v) is 23.1. The molecule has 4 aromatic rings. The molecular formula is C31H30ClN5O3. The van der Waals surface area contributed by atoms with Gasteiger partial charge in [0.15, 0.2) is 11.7 Å². The number of imidazole rings is 1. The number of Topliss-reactive ketones (excluding diaryl/α,β-unsaturated/α-hetero) is 1. The van der Waals surface area contributed by atoms with E-state index in [1.54, 1.807) is 25.4 Å². The van der Waals surface area contributed by atoms with Crippen molar-refractivity contribution in [3.63, 3.8) is 0 Å². The van der Waals surface area contributed by atoms with Crippen LogP contribution in [0.15, 0.2) is 65.9 Å². The maximum atomic E-state index is 13.0. The first-order chi connectivity index (χ1) is 19.5. The molecule has 1 spiro atoms. The Morgan fingerprint density at radius 3 is 2.60 bits per heavy atom. The third-order valence-electron chi connectivity index (χ3n) is 8.02. The maximum Gasteiger partial charge on any atom is 0.331 e. The molecular weight excluding hydrogens is 526 g/mol. The molecule has 6 rings (SSSR count). The molecule has 3 aromatic heterocycles. The van der Waals surface area contributed by atoms with Crippen molar-refractivity contribution in [3.8, 4) is 17.1 Å². The standard InChI is InChI=1S/C31H30ClN5O3/c1-2-40-30(39)24(35-25-18-26(38)31(25)14-4-3-5-15-31)17-20-8-11-22(12-9-20)37-28(21-10-13-27(32)34-19-21)36-23-7-6-16-33-29(23)37/h6-13,16,19,24H,2-5,14-15,17-18H2,1H3/t24-/m0/s1. The van der Waals surface area contributed by atoms with Crippen LogP contribution in [0.4, 0.5) is 0 Å². The Balaban J connectivity index is 1.31. The highest BCUT2D eigenvalue weighted by Crippen LogP contribution is 2.47. The highest BCUT2D eigenvalue weighted by molar-refractivity contribution is 6.29. The summed E-state index contributed by atoms with van der Waals surface area (Å²) in [7, 11) is 0. The van der Waals surface area contributed by atoms with E-state index in [0.717, 1.165) is 65.8 Å². The first-order valence-corrected chi connectivity index (χ1v) is 14.2. The van der Waals surface area contributed by atoms with Crippen LogP contribution in [0.5, 0.6) is 0 Å². The molecule has 9 heteroatoms. The Kier molecular flexibility index (Phi) is 7.19. The molecule has 0 bridgehead atoms. The quantitative estimate of drug-likeness (QED) is 0.206. The number of aromatic nitrogens is 4. The number of fused-ring (bicyclic) bond motifs is 1. The van der Waals surface area contributed by atoms with E-state index in [1.807, 2.05) is 47.0 Å². The fourth-order valence-electron chi connectivity index (χ4n) is 5.91. The number of benzene rings is 1. The van der Waals surface area contributed by atoms with E-state index >= 15 is 0 Å². The molecule has 204 valence electrons. The van der Waals surface area contributed by atoms with Crippen molar-refractivity contribution < 1.29 is 14.3 Å². The van der Waals surface area contributed by atoms with Crippen LogP contribution in [0.3, 0.4) is 0 Å². The zero-order valence-electron chi connectivity index (χ0n) is 22.3. The van der Waals surface area contributed by atoms with E-state index < -0.39 is 11.5 Å². The number of carbonyl (C=O) groups excluding carboxylic acids is 2. The molecule has 2 aliphatic carbocycles. The van der Waals surface area contributed by atoms with E-state index in [1.165, 1.54) is 0 Å². The summed E-state index contributed by atoms with van der Waals surface area (Å²) in [5.74, 6) is 0.617. The number of esters is 1. The van der Waals surface area contributed by atoms with Gasteiger partial charge in [0.05, 0.1) is 12.0 Å². The highest BCUT2D eigenvalue weighted by Gasteiger charge is 2.52. The molecule has 8 nitrogen and oxygen atoms in total. The summed E-state index contributed by atoms with van der Waals surface area (Å²) >= 11 is 6.02. The number of nitrogens with zero attached hydrogens (tertiary/aromatic N) is 5. The second kappa shape index (κ2) is 10.9. The molecule has 2 fully saturated rings. The van der Waals surface area contributed by atoms with Crippen LogP contribution in [0.25, 0.3) is 28.2 Å². The van der Waals surface area contributed by atoms with Crippen molar-refractivity contribution in [3.05, 3.63) is 71.6 Å². The number of hydrogen-bond donors (Lipinski definition) is 0. The van der Waals surface area contributed by atoms with Gasteiger partial charge >= 0.3 is 5.97 Å². The summed E-state index contributed by atoms with van der Waals surface area (Å²) in [5.41, 5.74) is 4.56. The number of rotatable bonds is 7. The molecule has 0 saturated heterocycles. The van der Waals surface area contributed by atoms with Crippen molar-refractivity contribution in [2.24, 2.45) is 10.4 Å². The van der Waals surface area contributed by atoms with Gasteiger partial charge in [0, 0.05) is 42.2 Å². The number of aliphatic imine (C=N–C) groups is 1. The number of halogens is 1. The second-order valence-corrected chi connectivity index (χ2v) is 10.8. The fraction of sp³-hybridized carbons (Fsp3) is 0.355. The Morgan fingerprint density at radius 2 is 1.90 bits per heavy atom. The van der Waals surface area contributed by atoms with E-state index in [2.05, 4.69) is 9.97 Å². The van der Waals surface area contributed by atoms with Gasteiger partial charge in [0.1, 0.15) is 22.3 Å². The SMILES string of the molecule is CCOC(=O)[C@H](Cc1ccc(-n2c(-c3ccc(Cl)nc3)nc3cccnc32)cc1)N=C1CC(=O)C12CCCCC2. The van der Waals surface area contributed by atoms with Crippen LogP contribution in [0.1, 0.15) is 51.0 Å². The molecule has 40 heavy (non-hydrogen) atoms. The maximum absolute atomic E-state index is 13.0. The Morgan fingerprint density at radius 1 is 1.10 bits per heavy atom. The number of pyridine rings is 2. The predicted molar refractivity (Wildman–Crippen MR) is 154 cm³/mol. The summed E-state index contributed by atoms with van der Waals surface area (Å²) in [6.07, 6.45) is 9.06. The van der Waals surface area contributed by atoms with Crippen LogP contribution in [0.2, 0.25) is 5.15 Å². The predicted octanol–water partition coefficient (Wildman–Crippen LogP) is 5.97. The summed E-state index contributed by atoms with van der Waals surface area (Å²) < 4.78 is 7.37. The molecule has 2 aliphatic rings. The minimum atomic E-state index is -0.681. The van der Waals surface area contributed by atoms with Gasteiger partial charge in [-0.2, -0.15) is 0 Å². The fourth-order valence-corrected chi connectivity index (χ4v) is 6.02. The summed E-state index contributed by atoms with van der Waals surface area (Å²) in [5, 5.41) is 0.411. The average Bonchev–Trinajstić information content (AvgIpc) is 3.37. The molecule has 0 aliphatic heterocycles. The minimum Gasteiger partial charge on any atom is -0.464 e. The van der Waals surface area contributed by atoms with Crippen LogP contribution in [0, 0.1) is 5.41 Å². The van der Waals surface area contributed by atoms with Crippen molar-refractivity contribution >= 4 is 40.2 Å². The first-order valence-electron chi connectivity index (χ1n) is 13.8. The Bertz CT molecular complexity index is 1590. The number of hydrogen-bond acceptors (Lipinski definition) is 7. The molecule has 0 unspecified atom stereocenters. The topological polar surface area (TPSA) is 99.3 Å². The van der Waals surface area contributed by atoms with Crippen molar-refractivity contribution in [1.29, 1.82) is 0 Å². The van der Waals surface area contributed by atoms with Gasteiger partial charge in [-0.3, -0.25) is 14.4 Å². The second-order valence-electron chi connectivity index (χ2n) is 10.4. The van der Waals surface area contributed by atoms with Gasteiger partial charge in [-0.15, -0.1) is 0 Å². The molecule has 0 N–H and O–H groups in total.